The molecule has 0 aromatic carbocycles. The van der Waals surface area contributed by atoms with E-state index in [-0.39, 0.29) is 31.0 Å². The summed E-state index contributed by atoms with van der Waals surface area (Å²) in [6.07, 6.45) is 0. The van der Waals surface area contributed by atoms with Crippen LogP contribution in [-0.2, 0) is 14.9 Å². The van der Waals surface area contributed by atoms with E-state index in [0.717, 1.165) is 11.5 Å². The summed E-state index contributed by atoms with van der Waals surface area (Å²) in [6.45, 7) is 5.90. The molecule has 0 aliphatic rings. The number of carbonyl (C=O) groups excluding carboxylic acids is 1. The lowest BCUT2D eigenvalue weighted by molar-refractivity contribution is -0.137. The summed E-state index contributed by atoms with van der Waals surface area (Å²) in [5.74, 6) is -1.44. The van der Waals surface area contributed by atoms with Gasteiger partial charge in [0.2, 0.25) is 0 Å². The van der Waals surface area contributed by atoms with Crippen molar-refractivity contribution in [1.82, 2.24) is 14.5 Å². The molecule has 0 spiro atoms. The van der Waals surface area contributed by atoms with Crippen LogP contribution in [-0.4, -0.2) is 58.3 Å². The van der Waals surface area contributed by atoms with Gasteiger partial charge in [-0.3, -0.25) is 9.59 Å². The number of hydrogen-bond acceptors (Lipinski definition) is 6. The molecular weight excluding hydrogens is 282 g/mol. The van der Waals surface area contributed by atoms with Crippen molar-refractivity contribution in [1.29, 1.82) is 0 Å². The molecule has 0 aliphatic heterocycles. The Morgan fingerprint density at radius 1 is 1.40 bits per heavy atom. The van der Waals surface area contributed by atoms with Crippen molar-refractivity contribution in [2.75, 3.05) is 26.8 Å². The first kappa shape index (κ1) is 16.5. The number of aromatic nitrogens is 2. The predicted octanol–water partition coefficient (Wildman–Crippen LogP) is 1.01. The van der Waals surface area contributed by atoms with Gasteiger partial charge in [-0.15, -0.1) is 5.10 Å². The lowest BCUT2D eigenvalue weighted by atomic mass is 9.91. The van der Waals surface area contributed by atoms with Crippen LogP contribution in [0.5, 0.6) is 0 Å². The number of aliphatic carboxylic acids is 1. The summed E-state index contributed by atoms with van der Waals surface area (Å²) in [4.78, 5) is 24.9. The molecule has 1 N–H and O–H groups in total. The molecule has 0 bridgehead atoms. The quantitative estimate of drug-likeness (QED) is 0.843. The van der Waals surface area contributed by atoms with E-state index in [1.54, 1.807) is 0 Å². The molecule has 112 valence electrons. The first-order valence-electron chi connectivity index (χ1n) is 6.10. The van der Waals surface area contributed by atoms with Crippen LogP contribution in [0.3, 0.4) is 0 Å². The second-order valence-electron chi connectivity index (χ2n) is 5.31. The fourth-order valence-corrected chi connectivity index (χ4v) is 2.43. The van der Waals surface area contributed by atoms with Gasteiger partial charge in [0.05, 0.1) is 12.3 Å². The maximum atomic E-state index is 12.5. The third-order valence-electron chi connectivity index (χ3n) is 2.57. The maximum absolute atomic E-state index is 12.5. The molecule has 7 nitrogen and oxygen atoms in total. The van der Waals surface area contributed by atoms with Crippen LogP contribution in [0.2, 0.25) is 0 Å². The van der Waals surface area contributed by atoms with Crippen molar-refractivity contribution in [3.05, 3.63) is 10.6 Å². The zero-order chi connectivity index (χ0) is 15.3. The average molecular weight is 301 g/mol. The Bertz CT molecular complexity index is 481. The average Bonchev–Trinajstić information content (AvgIpc) is 2.82. The maximum Gasteiger partial charge on any atom is 0.323 e. The van der Waals surface area contributed by atoms with Crippen molar-refractivity contribution in [3.63, 3.8) is 0 Å². The van der Waals surface area contributed by atoms with E-state index in [2.05, 4.69) is 9.59 Å². The second kappa shape index (κ2) is 6.76. The van der Waals surface area contributed by atoms with Crippen molar-refractivity contribution in [2.24, 2.45) is 0 Å². The number of carboxylic acids is 1. The van der Waals surface area contributed by atoms with E-state index in [0.29, 0.717) is 10.6 Å². The molecule has 0 unspecified atom stereocenters. The first-order valence-corrected chi connectivity index (χ1v) is 6.87. The SMILES string of the molecule is COCCN(CC(=O)O)C(=O)c1snnc1C(C)(C)C. The molecule has 0 saturated heterocycles. The molecule has 0 aliphatic carbocycles. The molecular formula is C12H19N3O4S. The van der Waals surface area contributed by atoms with Crippen LogP contribution >= 0.6 is 11.5 Å². The predicted molar refractivity (Wildman–Crippen MR) is 74.0 cm³/mol. The van der Waals surface area contributed by atoms with Crippen molar-refractivity contribution in [3.8, 4) is 0 Å². The van der Waals surface area contributed by atoms with E-state index >= 15 is 0 Å². The van der Waals surface area contributed by atoms with Gasteiger partial charge >= 0.3 is 5.97 Å². The van der Waals surface area contributed by atoms with Crippen LogP contribution in [0, 0.1) is 0 Å². The van der Waals surface area contributed by atoms with Gasteiger partial charge in [-0.1, -0.05) is 25.3 Å². The summed E-state index contributed by atoms with van der Waals surface area (Å²) in [5.41, 5.74) is 0.258. The highest BCUT2D eigenvalue weighted by Crippen LogP contribution is 2.26. The monoisotopic (exact) mass is 301 g/mol. The third kappa shape index (κ3) is 4.24. The van der Waals surface area contributed by atoms with Crippen LogP contribution in [0.4, 0.5) is 0 Å². The van der Waals surface area contributed by atoms with Gasteiger partial charge in [-0.05, 0) is 11.5 Å². The normalized spacial score (nSPS) is 11.4. The number of rotatable bonds is 6. The van der Waals surface area contributed by atoms with Gasteiger partial charge in [0.15, 0.2) is 0 Å². The fraction of sp³-hybridized carbons (Fsp3) is 0.667. The fourth-order valence-electron chi connectivity index (χ4n) is 1.58. The lowest BCUT2D eigenvalue weighted by Gasteiger charge is -2.22. The Hall–Kier alpha value is -1.54. The van der Waals surface area contributed by atoms with Gasteiger partial charge in [0.25, 0.3) is 5.91 Å². The minimum atomic E-state index is -1.07. The number of hydrogen-bond donors (Lipinski definition) is 1. The summed E-state index contributed by atoms with van der Waals surface area (Å²) < 4.78 is 8.72. The van der Waals surface area contributed by atoms with E-state index in [1.807, 2.05) is 20.8 Å². The highest BCUT2D eigenvalue weighted by Gasteiger charge is 2.29. The zero-order valence-electron chi connectivity index (χ0n) is 12.0. The highest BCUT2D eigenvalue weighted by molar-refractivity contribution is 7.08. The molecule has 8 heteroatoms. The molecule has 0 radical (unpaired) electrons. The number of carbonyl (C=O) groups is 2. The van der Waals surface area contributed by atoms with Crippen molar-refractivity contribution < 1.29 is 19.4 Å². The van der Waals surface area contributed by atoms with E-state index in [9.17, 15) is 9.59 Å². The van der Waals surface area contributed by atoms with Crippen molar-refractivity contribution >= 4 is 23.4 Å². The molecule has 1 heterocycles. The van der Waals surface area contributed by atoms with Gasteiger partial charge in [-0.25, -0.2) is 0 Å². The minimum Gasteiger partial charge on any atom is -0.480 e. The Balaban J connectivity index is 3.00. The molecule has 20 heavy (non-hydrogen) atoms. The van der Waals surface area contributed by atoms with Gasteiger partial charge in [0.1, 0.15) is 11.4 Å². The summed E-state index contributed by atoms with van der Waals surface area (Å²) in [6, 6.07) is 0. The summed E-state index contributed by atoms with van der Waals surface area (Å²) in [5, 5.41) is 12.9. The number of methoxy groups -OCH3 is 1. The van der Waals surface area contributed by atoms with E-state index in [1.165, 1.54) is 12.0 Å². The largest absolute Gasteiger partial charge is 0.480 e. The number of ether oxygens (including phenoxy) is 1. The lowest BCUT2D eigenvalue weighted by Crippen LogP contribution is -2.38. The standard InChI is InChI=1S/C12H19N3O4S/c1-12(2,3)10-9(20-14-13-10)11(18)15(5-6-19-4)7-8(16)17/h5-7H2,1-4H3,(H,16,17). The molecule has 0 fully saturated rings. The van der Waals surface area contributed by atoms with Crippen LogP contribution in [0.1, 0.15) is 36.1 Å². The smallest absolute Gasteiger partial charge is 0.323 e. The number of nitrogens with zero attached hydrogens (tertiary/aromatic N) is 3. The molecule has 0 atom stereocenters. The topological polar surface area (TPSA) is 92.6 Å². The Morgan fingerprint density at radius 3 is 2.55 bits per heavy atom. The Labute approximate surface area is 121 Å². The Morgan fingerprint density at radius 2 is 2.05 bits per heavy atom. The van der Waals surface area contributed by atoms with Crippen LogP contribution in [0.25, 0.3) is 0 Å². The third-order valence-corrected chi connectivity index (χ3v) is 3.29. The first-order chi connectivity index (χ1) is 9.27. The second-order valence-corrected chi connectivity index (χ2v) is 6.07. The van der Waals surface area contributed by atoms with E-state index in [4.69, 9.17) is 9.84 Å². The summed E-state index contributed by atoms with van der Waals surface area (Å²) >= 11 is 0.987. The minimum absolute atomic E-state index is 0.211. The molecule has 1 aromatic rings. The van der Waals surface area contributed by atoms with Gasteiger partial charge < -0.3 is 14.7 Å². The molecule has 1 aromatic heterocycles. The highest BCUT2D eigenvalue weighted by atomic mass is 32.1. The Kier molecular flexibility index (Phi) is 5.58. The number of amides is 1. The van der Waals surface area contributed by atoms with Crippen LogP contribution in [0.15, 0.2) is 0 Å². The van der Waals surface area contributed by atoms with Crippen LogP contribution < -0.4 is 0 Å². The number of carboxylic acid groups (broad SMARTS) is 1. The summed E-state index contributed by atoms with van der Waals surface area (Å²) in [7, 11) is 1.50. The van der Waals surface area contributed by atoms with Crippen molar-refractivity contribution in [2.45, 2.75) is 26.2 Å². The molecule has 1 amide bonds. The molecule has 1 rings (SSSR count). The van der Waals surface area contributed by atoms with Gasteiger partial charge in [0, 0.05) is 19.1 Å². The van der Waals surface area contributed by atoms with Gasteiger partial charge in [-0.2, -0.15) is 0 Å². The zero-order valence-corrected chi connectivity index (χ0v) is 12.9. The van der Waals surface area contributed by atoms with E-state index < -0.39 is 5.97 Å². The molecule has 0 saturated carbocycles.